The molecule has 0 saturated heterocycles. The van der Waals surface area contributed by atoms with E-state index in [0.717, 1.165) is 5.02 Å². The van der Waals surface area contributed by atoms with Gasteiger partial charge in [0.25, 0.3) is 0 Å². The number of hydrogen-bond donors (Lipinski definition) is 1. The van der Waals surface area contributed by atoms with E-state index < -0.39 is 0 Å². The van der Waals surface area contributed by atoms with Crippen LogP contribution in [0.2, 0.25) is 5.02 Å². The first-order chi connectivity index (χ1) is 6.54. The van der Waals surface area contributed by atoms with Gasteiger partial charge >= 0.3 is 0 Å². The SMILES string of the molecule is CCC(C)c1cc(Cl)cc([SH](C)C)c1. The van der Waals surface area contributed by atoms with E-state index in [9.17, 15) is 0 Å². The van der Waals surface area contributed by atoms with Gasteiger partial charge in [-0.15, -0.1) is 0 Å². The fraction of sp³-hybridized carbons (Fsp3) is 0.500. The van der Waals surface area contributed by atoms with E-state index in [1.54, 1.807) is 0 Å². The predicted octanol–water partition coefficient (Wildman–Crippen LogP) is 4.47. The molecule has 1 aromatic carbocycles. The Morgan fingerprint density at radius 2 is 1.93 bits per heavy atom. The maximum Gasteiger partial charge on any atom is 0.0419 e. The minimum atomic E-state index is -0.0422. The zero-order valence-electron chi connectivity index (χ0n) is 9.34. The molecule has 2 heteroatoms. The molecule has 0 aliphatic heterocycles. The lowest BCUT2D eigenvalue weighted by molar-refractivity contribution is 0.731. The first-order valence-corrected chi connectivity index (χ1v) is 7.63. The normalized spacial score (nSPS) is 13.9. The van der Waals surface area contributed by atoms with Gasteiger partial charge in [0.05, 0.1) is 0 Å². The van der Waals surface area contributed by atoms with Crippen molar-refractivity contribution in [3.05, 3.63) is 28.8 Å². The number of benzene rings is 1. The Kier molecular flexibility index (Phi) is 4.33. The van der Waals surface area contributed by atoms with E-state index in [1.807, 2.05) is 0 Å². The lowest BCUT2D eigenvalue weighted by Gasteiger charge is -2.15. The van der Waals surface area contributed by atoms with Crippen LogP contribution < -0.4 is 0 Å². The first kappa shape index (κ1) is 11.9. The zero-order valence-corrected chi connectivity index (χ0v) is 11.0. The van der Waals surface area contributed by atoms with E-state index in [0.29, 0.717) is 5.92 Å². The van der Waals surface area contributed by atoms with Gasteiger partial charge in [-0.1, -0.05) is 25.4 Å². The molecule has 14 heavy (non-hydrogen) atoms. The van der Waals surface area contributed by atoms with Crippen molar-refractivity contribution < 1.29 is 0 Å². The fourth-order valence-electron chi connectivity index (χ4n) is 1.37. The van der Waals surface area contributed by atoms with Crippen LogP contribution in [0.25, 0.3) is 0 Å². The van der Waals surface area contributed by atoms with Crippen LogP contribution in [0.15, 0.2) is 23.1 Å². The Labute approximate surface area is 95.0 Å². The van der Waals surface area contributed by atoms with Crippen molar-refractivity contribution >= 4 is 22.5 Å². The third-order valence-electron chi connectivity index (χ3n) is 2.60. The largest absolute Gasteiger partial charge is 0.233 e. The average molecular weight is 231 g/mol. The highest BCUT2D eigenvalue weighted by Crippen LogP contribution is 2.34. The van der Waals surface area contributed by atoms with Crippen molar-refractivity contribution in [2.75, 3.05) is 12.5 Å². The molecule has 0 saturated carbocycles. The van der Waals surface area contributed by atoms with Crippen molar-refractivity contribution in [1.29, 1.82) is 0 Å². The Morgan fingerprint density at radius 3 is 2.43 bits per heavy atom. The summed E-state index contributed by atoms with van der Waals surface area (Å²) in [4.78, 5) is 1.41. The molecule has 80 valence electrons. The maximum atomic E-state index is 6.11. The minimum Gasteiger partial charge on any atom is -0.233 e. The maximum absolute atomic E-state index is 6.11. The number of hydrogen-bond acceptors (Lipinski definition) is 0. The van der Waals surface area contributed by atoms with Crippen LogP contribution in [-0.2, 0) is 0 Å². The van der Waals surface area contributed by atoms with Crippen LogP contribution in [0.3, 0.4) is 0 Å². The van der Waals surface area contributed by atoms with E-state index in [1.165, 1.54) is 16.9 Å². The molecule has 0 aromatic heterocycles. The fourth-order valence-corrected chi connectivity index (χ4v) is 2.50. The van der Waals surface area contributed by atoms with Gasteiger partial charge in [0.15, 0.2) is 0 Å². The van der Waals surface area contributed by atoms with Gasteiger partial charge in [0, 0.05) is 5.02 Å². The van der Waals surface area contributed by atoms with Crippen molar-refractivity contribution in [2.24, 2.45) is 0 Å². The van der Waals surface area contributed by atoms with Crippen LogP contribution in [0.1, 0.15) is 31.7 Å². The lowest BCUT2D eigenvalue weighted by Crippen LogP contribution is -1.92. The van der Waals surface area contributed by atoms with Crippen LogP contribution in [0.5, 0.6) is 0 Å². The molecule has 1 unspecified atom stereocenters. The van der Waals surface area contributed by atoms with E-state index in [-0.39, 0.29) is 10.9 Å². The van der Waals surface area contributed by atoms with Gasteiger partial charge < -0.3 is 0 Å². The quantitative estimate of drug-likeness (QED) is 0.728. The summed E-state index contributed by atoms with van der Waals surface area (Å²) in [5.41, 5.74) is 1.38. The first-order valence-electron chi connectivity index (χ1n) is 5.02. The zero-order chi connectivity index (χ0) is 10.7. The van der Waals surface area contributed by atoms with Gasteiger partial charge in [-0.25, -0.2) is 10.9 Å². The van der Waals surface area contributed by atoms with E-state index in [2.05, 4.69) is 44.6 Å². The van der Waals surface area contributed by atoms with E-state index >= 15 is 0 Å². The number of halogens is 1. The summed E-state index contributed by atoms with van der Waals surface area (Å²) in [5, 5.41) is 0.883. The predicted molar refractivity (Wildman–Crippen MR) is 69.3 cm³/mol. The van der Waals surface area contributed by atoms with Gasteiger partial charge in [0.1, 0.15) is 0 Å². The minimum absolute atomic E-state index is 0.0422. The highest BCUT2D eigenvalue weighted by Gasteiger charge is 2.06. The molecule has 0 nitrogen and oxygen atoms in total. The number of rotatable bonds is 3. The van der Waals surface area contributed by atoms with Gasteiger partial charge in [-0.3, -0.25) is 0 Å². The van der Waals surface area contributed by atoms with Crippen molar-refractivity contribution in [1.82, 2.24) is 0 Å². The molecule has 1 aromatic rings. The summed E-state index contributed by atoms with van der Waals surface area (Å²) in [6.45, 7) is 4.47. The second-order valence-corrected chi connectivity index (χ2v) is 6.69. The summed E-state index contributed by atoms with van der Waals surface area (Å²) in [5.74, 6) is 0.613. The molecule has 0 aliphatic carbocycles. The third-order valence-corrected chi connectivity index (χ3v) is 4.11. The molecule has 0 N–H and O–H groups in total. The Bertz CT molecular complexity index is 307. The van der Waals surface area contributed by atoms with Crippen molar-refractivity contribution in [3.8, 4) is 0 Å². The third kappa shape index (κ3) is 2.93. The Hall–Kier alpha value is -0.140. The van der Waals surface area contributed by atoms with Gasteiger partial charge in [-0.05, 0) is 53.5 Å². The standard InChI is InChI=1S/C12H19ClS/c1-5-9(2)10-6-11(13)8-12(7-10)14(3)4/h6-9,14H,5H2,1-4H3. The molecule has 1 atom stereocenters. The summed E-state index contributed by atoms with van der Waals surface area (Å²) < 4.78 is 0. The summed E-state index contributed by atoms with van der Waals surface area (Å²) in [7, 11) is -0.0422. The average Bonchev–Trinajstić information content (AvgIpc) is 2.15. The van der Waals surface area contributed by atoms with Crippen molar-refractivity contribution in [3.63, 3.8) is 0 Å². The smallest absolute Gasteiger partial charge is 0.0419 e. The Balaban J connectivity index is 3.07. The Morgan fingerprint density at radius 1 is 1.29 bits per heavy atom. The topological polar surface area (TPSA) is 0 Å². The number of thiol groups is 1. The lowest BCUT2D eigenvalue weighted by atomic mass is 9.99. The summed E-state index contributed by atoms with van der Waals surface area (Å²) >= 11 is 6.11. The highest BCUT2D eigenvalue weighted by molar-refractivity contribution is 8.15. The molecule has 0 spiro atoms. The molecule has 0 bridgehead atoms. The van der Waals surface area contributed by atoms with E-state index in [4.69, 9.17) is 11.6 Å². The molecule has 0 amide bonds. The van der Waals surface area contributed by atoms with Crippen LogP contribution in [0, 0.1) is 0 Å². The molecule has 0 aliphatic rings. The van der Waals surface area contributed by atoms with Crippen molar-refractivity contribution in [2.45, 2.75) is 31.1 Å². The van der Waals surface area contributed by atoms with Crippen LogP contribution in [-0.4, -0.2) is 12.5 Å². The second kappa shape index (κ2) is 5.09. The molecule has 1 rings (SSSR count). The van der Waals surface area contributed by atoms with Crippen LogP contribution in [0.4, 0.5) is 0 Å². The molecular weight excluding hydrogens is 212 g/mol. The van der Waals surface area contributed by atoms with Gasteiger partial charge in [-0.2, -0.15) is 0 Å². The molecule has 0 fully saturated rings. The van der Waals surface area contributed by atoms with Crippen LogP contribution >= 0.6 is 22.5 Å². The second-order valence-electron chi connectivity index (χ2n) is 3.95. The highest BCUT2D eigenvalue weighted by atomic mass is 35.5. The molecule has 0 heterocycles. The summed E-state index contributed by atoms with van der Waals surface area (Å²) in [6, 6.07) is 6.50. The van der Waals surface area contributed by atoms with Gasteiger partial charge in [0.2, 0.25) is 0 Å². The monoisotopic (exact) mass is 230 g/mol. The molecule has 0 radical (unpaired) electrons. The molecular formula is C12H19ClS. The summed E-state index contributed by atoms with van der Waals surface area (Å²) in [6.07, 6.45) is 5.70.